The molecular weight excluding hydrogens is 312 g/mol. The van der Waals surface area contributed by atoms with E-state index >= 15 is 0 Å². The van der Waals surface area contributed by atoms with Gasteiger partial charge in [-0.2, -0.15) is 5.10 Å². The van der Waals surface area contributed by atoms with Crippen molar-refractivity contribution in [1.29, 1.82) is 0 Å². The quantitative estimate of drug-likeness (QED) is 0.725. The molecule has 2 aromatic heterocycles. The minimum absolute atomic E-state index is 0.00675. The molecule has 0 amide bonds. The summed E-state index contributed by atoms with van der Waals surface area (Å²) in [4.78, 5) is 8.93. The number of phenols is 2. The number of aromatic nitrogens is 2. The number of aromatic hydroxyl groups is 2. The zero-order valence-corrected chi connectivity index (χ0v) is 13.1. The van der Waals surface area contributed by atoms with Crippen LogP contribution in [-0.2, 0) is 0 Å². The SMILES string of the molecule is CN=c1scc(-c2ccc(O)cc2O)n1/N=C\c1cccnc1. The van der Waals surface area contributed by atoms with E-state index in [4.69, 9.17) is 0 Å². The molecule has 7 heteroatoms. The molecule has 0 atom stereocenters. The number of thiazole rings is 1. The number of rotatable bonds is 3. The van der Waals surface area contributed by atoms with Gasteiger partial charge in [0.2, 0.25) is 4.80 Å². The van der Waals surface area contributed by atoms with Crippen LogP contribution in [0.5, 0.6) is 11.5 Å². The van der Waals surface area contributed by atoms with Gasteiger partial charge >= 0.3 is 0 Å². The molecule has 3 aromatic rings. The lowest BCUT2D eigenvalue weighted by Gasteiger charge is -2.06. The van der Waals surface area contributed by atoms with E-state index in [0.717, 1.165) is 5.56 Å². The van der Waals surface area contributed by atoms with E-state index in [0.29, 0.717) is 16.1 Å². The molecule has 0 aliphatic carbocycles. The number of nitrogens with zero attached hydrogens (tertiary/aromatic N) is 4. The molecule has 116 valence electrons. The Morgan fingerprint density at radius 1 is 1.26 bits per heavy atom. The van der Waals surface area contributed by atoms with Crippen molar-refractivity contribution in [2.24, 2.45) is 10.1 Å². The monoisotopic (exact) mass is 326 g/mol. The van der Waals surface area contributed by atoms with Crippen LogP contribution < -0.4 is 4.80 Å². The van der Waals surface area contributed by atoms with Crippen LogP contribution in [0.25, 0.3) is 11.3 Å². The maximum absolute atomic E-state index is 10.1. The molecule has 0 unspecified atom stereocenters. The highest BCUT2D eigenvalue weighted by molar-refractivity contribution is 7.07. The molecule has 23 heavy (non-hydrogen) atoms. The molecule has 0 saturated carbocycles. The number of benzene rings is 1. The summed E-state index contributed by atoms with van der Waals surface area (Å²) < 4.78 is 1.64. The molecule has 0 saturated heterocycles. The van der Waals surface area contributed by atoms with Gasteiger partial charge in [0.25, 0.3) is 0 Å². The number of hydrogen-bond acceptors (Lipinski definition) is 6. The van der Waals surface area contributed by atoms with Crippen molar-refractivity contribution in [2.45, 2.75) is 0 Å². The standard InChI is InChI=1S/C16H14N4O2S/c1-17-16-20(19-9-11-3-2-6-18-8-11)14(10-23-16)13-5-4-12(21)7-15(13)22/h2-10,21-22H,1H3/b17-16?,19-9-. The highest BCUT2D eigenvalue weighted by Crippen LogP contribution is 2.32. The van der Waals surface area contributed by atoms with Gasteiger partial charge in [-0.25, -0.2) is 4.68 Å². The summed E-state index contributed by atoms with van der Waals surface area (Å²) >= 11 is 1.41. The van der Waals surface area contributed by atoms with Crippen molar-refractivity contribution in [3.8, 4) is 22.8 Å². The fourth-order valence-corrected chi connectivity index (χ4v) is 2.86. The van der Waals surface area contributed by atoms with Gasteiger partial charge < -0.3 is 10.2 Å². The van der Waals surface area contributed by atoms with Gasteiger partial charge in [0, 0.05) is 42.0 Å². The van der Waals surface area contributed by atoms with Gasteiger partial charge in [0.05, 0.1) is 11.9 Å². The maximum Gasteiger partial charge on any atom is 0.205 e. The molecule has 2 N–H and O–H groups in total. The summed E-state index contributed by atoms with van der Waals surface area (Å²) in [5.41, 5.74) is 2.11. The van der Waals surface area contributed by atoms with Crippen LogP contribution in [0.1, 0.15) is 5.56 Å². The van der Waals surface area contributed by atoms with Crippen LogP contribution in [0.3, 0.4) is 0 Å². The first-order valence-electron chi connectivity index (χ1n) is 6.79. The lowest BCUT2D eigenvalue weighted by Crippen LogP contribution is -2.11. The maximum atomic E-state index is 10.1. The van der Waals surface area contributed by atoms with Crippen LogP contribution >= 0.6 is 11.3 Å². The van der Waals surface area contributed by atoms with Crippen molar-refractivity contribution in [3.05, 3.63) is 58.5 Å². The van der Waals surface area contributed by atoms with Gasteiger partial charge in [0.15, 0.2) is 0 Å². The Morgan fingerprint density at radius 2 is 2.13 bits per heavy atom. The fourth-order valence-electron chi connectivity index (χ4n) is 2.06. The summed E-state index contributed by atoms with van der Waals surface area (Å²) in [5, 5.41) is 25.8. The first-order chi connectivity index (χ1) is 11.2. The van der Waals surface area contributed by atoms with Crippen LogP contribution in [0.2, 0.25) is 0 Å². The fraction of sp³-hybridized carbons (Fsp3) is 0.0625. The average molecular weight is 326 g/mol. The molecule has 6 nitrogen and oxygen atoms in total. The second-order valence-electron chi connectivity index (χ2n) is 4.67. The highest BCUT2D eigenvalue weighted by atomic mass is 32.1. The largest absolute Gasteiger partial charge is 0.508 e. The smallest absolute Gasteiger partial charge is 0.205 e. The van der Waals surface area contributed by atoms with E-state index in [1.54, 1.807) is 36.4 Å². The van der Waals surface area contributed by atoms with Crippen molar-refractivity contribution in [1.82, 2.24) is 9.66 Å². The summed E-state index contributed by atoms with van der Waals surface area (Å²) in [5.74, 6) is -0.0110. The normalized spacial score (nSPS) is 12.1. The second-order valence-corrected chi connectivity index (χ2v) is 5.51. The summed E-state index contributed by atoms with van der Waals surface area (Å²) in [6.45, 7) is 0. The van der Waals surface area contributed by atoms with Crippen molar-refractivity contribution in [3.63, 3.8) is 0 Å². The molecule has 3 rings (SSSR count). The molecule has 2 heterocycles. The van der Waals surface area contributed by atoms with Crippen LogP contribution in [0.4, 0.5) is 0 Å². The molecule has 0 fully saturated rings. The lowest BCUT2D eigenvalue weighted by molar-refractivity contribution is 0.451. The number of phenolic OH excluding ortho intramolecular Hbond substituents is 2. The van der Waals surface area contributed by atoms with E-state index < -0.39 is 0 Å². The van der Waals surface area contributed by atoms with Crippen molar-refractivity contribution < 1.29 is 10.2 Å². The molecular formula is C16H14N4O2S. The van der Waals surface area contributed by atoms with Crippen LogP contribution in [0, 0.1) is 0 Å². The third-order valence-corrected chi connectivity index (χ3v) is 4.05. The first kappa shape index (κ1) is 15.0. The average Bonchev–Trinajstić information content (AvgIpc) is 2.96. The second kappa shape index (κ2) is 6.45. The molecule has 0 aliphatic rings. The Bertz CT molecular complexity index is 913. The van der Waals surface area contributed by atoms with Gasteiger partial charge in [-0.05, 0) is 18.2 Å². The Kier molecular flexibility index (Phi) is 4.20. The molecule has 1 aromatic carbocycles. The third kappa shape index (κ3) is 3.14. The van der Waals surface area contributed by atoms with Crippen molar-refractivity contribution >= 4 is 17.6 Å². The van der Waals surface area contributed by atoms with Gasteiger partial charge in [-0.3, -0.25) is 9.98 Å². The predicted octanol–water partition coefficient (Wildman–Crippen LogP) is 2.44. The van der Waals surface area contributed by atoms with E-state index in [1.807, 2.05) is 17.5 Å². The van der Waals surface area contributed by atoms with E-state index in [9.17, 15) is 10.2 Å². The van der Waals surface area contributed by atoms with Crippen LogP contribution in [0.15, 0.2) is 58.2 Å². The summed E-state index contributed by atoms with van der Waals surface area (Å²) in [6.07, 6.45) is 5.08. The minimum Gasteiger partial charge on any atom is -0.508 e. The predicted molar refractivity (Wildman–Crippen MR) is 89.8 cm³/mol. The molecule has 0 radical (unpaired) electrons. The molecule has 0 spiro atoms. The topological polar surface area (TPSA) is 83.0 Å². The van der Waals surface area contributed by atoms with E-state index in [1.165, 1.54) is 23.5 Å². The Labute approximate surface area is 136 Å². The van der Waals surface area contributed by atoms with Gasteiger partial charge in [-0.1, -0.05) is 6.07 Å². The zero-order valence-electron chi connectivity index (χ0n) is 12.3. The summed E-state index contributed by atoms with van der Waals surface area (Å²) in [6, 6.07) is 8.18. The van der Waals surface area contributed by atoms with Gasteiger partial charge in [-0.15, -0.1) is 11.3 Å². The van der Waals surface area contributed by atoms with Gasteiger partial charge in [0.1, 0.15) is 11.5 Å². The van der Waals surface area contributed by atoms with E-state index in [2.05, 4.69) is 15.1 Å². The molecule has 0 aliphatic heterocycles. The highest BCUT2D eigenvalue weighted by Gasteiger charge is 2.11. The lowest BCUT2D eigenvalue weighted by atomic mass is 10.1. The minimum atomic E-state index is -0.0178. The first-order valence-corrected chi connectivity index (χ1v) is 7.67. The Morgan fingerprint density at radius 3 is 2.83 bits per heavy atom. The number of pyridine rings is 1. The van der Waals surface area contributed by atoms with Crippen LogP contribution in [-0.4, -0.2) is 33.1 Å². The number of hydrogen-bond donors (Lipinski definition) is 2. The Hall–Kier alpha value is -2.93. The van der Waals surface area contributed by atoms with Crippen molar-refractivity contribution in [2.75, 3.05) is 7.05 Å². The summed E-state index contributed by atoms with van der Waals surface area (Å²) in [7, 11) is 1.68. The molecule has 0 bridgehead atoms. The third-order valence-electron chi connectivity index (χ3n) is 3.14. The Balaban J connectivity index is 2.10. The zero-order chi connectivity index (χ0) is 16.2. The van der Waals surface area contributed by atoms with E-state index in [-0.39, 0.29) is 11.5 Å².